The number of aliphatic hydroxyl groups is 1. The van der Waals surface area contributed by atoms with Crippen LogP contribution in [0.1, 0.15) is 18.2 Å². The van der Waals surface area contributed by atoms with Crippen molar-refractivity contribution in [2.24, 2.45) is 0 Å². The Morgan fingerprint density at radius 3 is 2.74 bits per heavy atom. The lowest BCUT2D eigenvalue weighted by molar-refractivity contribution is -0.00618. The number of rotatable bonds is 9. The number of para-hydroxylation sites is 1. The van der Waals surface area contributed by atoms with Crippen LogP contribution >= 0.6 is 31.2 Å². The van der Waals surface area contributed by atoms with Gasteiger partial charge in [-0.05, 0) is 31.0 Å². The minimum atomic E-state index is -4.30. The summed E-state index contributed by atoms with van der Waals surface area (Å²) in [6, 6.07) is 7.03. The summed E-state index contributed by atoms with van der Waals surface area (Å²) in [5.74, 6) is 0.0959. The second-order valence-electron chi connectivity index (χ2n) is 8.02. The predicted molar refractivity (Wildman–Crippen MR) is 129 cm³/mol. The lowest BCUT2D eigenvalue weighted by Gasteiger charge is -2.23. The van der Waals surface area contributed by atoms with Crippen LogP contribution in [0.4, 0.5) is 10.2 Å². The van der Waals surface area contributed by atoms with Gasteiger partial charge in [0.25, 0.3) is 0 Å². The fourth-order valence-electron chi connectivity index (χ4n) is 3.65. The molecule has 0 bridgehead atoms. The number of aromatic nitrogens is 2. The Balaban J connectivity index is 1.44. The largest absolute Gasteiger partial charge is 0.530 e. The molecule has 4 rings (SSSR count). The third kappa shape index (κ3) is 6.59. The number of hydrogen-bond acceptors (Lipinski definition) is 10. The molecule has 2 fully saturated rings. The molecule has 1 unspecified atom stereocenters. The molecule has 2 saturated heterocycles. The van der Waals surface area contributed by atoms with Crippen LogP contribution in [-0.2, 0) is 18.3 Å². The van der Waals surface area contributed by atoms with Gasteiger partial charge in [0.1, 0.15) is 37.1 Å². The highest BCUT2D eigenvalue weighted by atomic mass is 35.5. The standard InChI is InChI=1S/C20H23BClFN3O7PS/c21-17-8-14(27)16(32-17)10-31-34(29,33-15-4-2-1-3-12(15)22)30-9-11-7-13(23)19(35-11)26-6-5-18(24)25-20(26)28/h1-6,11,13-14,16-17,19,27H,7-10H2,(H2,24,25,28)/t11-,13-,14-,16+,17+,19+,34?/m0/s1. The first-order chi connectivity index (χ1) is 16.6. The van der Waals surface area contributed by atoms with Crippen LogP contribution in [0, 0.1) is 0 Å². The number of phosphoric ester groups is 1. The van der Waals surface area contributed by atoms with Gasteiger partial charge in [0.2, 0.25) is 0 Å². The number of alkyl halides is 1. The van der Waals surface area contributed by atoms with E-state index in [4.69, 9.17) is 43.5 Å². The molecule has 1 aromatic carbocycles. The third-order valence-electron chi connectivity index (χ3n) is 5.37. The molecule has 0 aliphatic carbocycles. The second-order valence-corrected chi connectivity index (χ2v) is 11.4. The third-order valence-corrected chi connectivity index (χ3v) is 8.55. The summed E-state index contributed by atoms with van der Waals surface area (Å²) in [6.07, 6.45) is -1.53. The molecule has 7 atom stereocenters. The van der Waals surface area contributed by atoms with E-state index in [2.05, 4.69) is 4.98 Å². The Morgan fingerprint density at radius 2 is 2.06 bits per heavy atom. The number of nitrogens with zero attached hydrogens (tertiary/aromatic N) is 2. The molecule has 2 aliphatic rings. The van der Waals surface area contributed by atoms with Gasteiger partial charge >= 0.3 is 13.5 Å². The monoisotopic (exact) mass is 545 g/mol. The number of nitrogen functional groups attached to an aromatic ring is 1. The van der Waals surface area contributed by atoms with Crippen molar-refractivity contribution in [2.45, 2.75) is 47.8 Å². The van der Waals surface area contributed by atoms with Gasteiger partial charge in [-0.3, -0.25) is 13.6 Å². The fraction of sp³-hybridized carbons (Fsp3) is 0.500. The molecule has 3 heterocycles. The minimum absolute atomic E-state index is 0.0253. The summed E-state index contributed by atoms with van der Waals surface area (Å²) < 4.78 is 51.3. The molecule has 2 aromatic rings. The van der Waals surface area contributed by atoms with Crippen molar-refractivity contribution in [3.05, 3.63) is 52.0 Å². The molecule has 1 aromatic heterocycles. The Bertz CT molecular complexity index is 1150. The van der Waals surface area contributed by atoms with Crippen LogP contribution in [-0.4, -0.2) is 65.4 Å². The van der Waals surface area contributed by atoms with Crippen molar-refractivity contribution in [1.29, 1.82) is 0 Å². The highest BCUT2D eigenvalue weighted by Gasteiger charge is 2.41. The number of hydrogen-bond donors (Lipinski definition) is 2. The number of thioether (sulfide) groups is 1. The van der Waals surface area contributed by atoms with Crippen LogP contribution in [0.25, 0.3) is 0 Å². The maximum absolute atomic E-state index is 14.8. The Labute approximate surface area is 211 Å². The normalized spacial score (nSPS) is 30.3. The van der Waals surface area contributed by atoms with Gasteiger partial charge in [0.15, 0.2) is 0 Å². The molecule has 0 saturated carbocycles. The number of ether oxygens (including phenoxy) is 1. The van der Waals surface area contributed by atoms with E-state index in [1.807, 2.05) is 0 Å². The summed E-state index contributed by atoms with van der Waals surface area (Å²) in [5, 5.41) is 8.88. The SMILES string of the molecule is [B][C@H]1C[C@H](O)[C@@H](COP(=O)(OC[C@@H]2C[C@H](F)[C@H](n3ccc(N)nc3=O)S2)Oc2ccccc2Cl)O1. The van der Waals surface area contributed by atoms with Gasteiger partial charge in [-0.15, -0.1) is 11.8 Å². The highest BCUT2D eigenvalue weighted by Crippen LogP contribution is 2.53. The predicted octanol–water partition coefficient (Wildman–Crippen LogP) is 2.69. The zero-order valence-corrected chi connectivity index (χ0v) is 20.8. The first-order valence-corrected chi connectivity index (χ1v) is 13.5. The minimum Gasteiger partial charge on any atom is -0.402 e. The molecule has 0 amide bonds. The van der Waals surface area contributed by atoms with E-state index in [0.717, 1.165) is 16.3 Å². The van der Waals surface area contributed by atoms with Gasteiger partial charge in [-0.25, -0.2) is 13.8 Å². The van der Waals surface area contributed by atoms with E-state index in [1.165, 1.54) is 24.4 Å². The van der Waals surface area contributed by atoms with Gasteiger partial charge < -0.3 is 20.1 Å². The van der Waals surface area contributed by atoms with Gasteiger partial charge in [0, 0.05) is 17.5 Å². The molecule has 3 N–H and O–H groups in total. The number of halogens is 2. The zero-order chi connectivity index (χ0) is 25.2. The summed E-state index contributed by atoms with van der Waals surface area (Å²) in [4.78, 5) is 15.7. The van der Waals surface area contributed by atoms with Gasteiger partial charge in [-0.1, -0.05) is 23.7 Å². The molecule has 2 aliphatic heterocycles. The first kappa shape index (κ1) is 26.5. The first-order valence-electron chi connectivity index (χ1n) is 10.7. The number of aliphatic hydroxyl groups excluding tert-OH is 1. The van der Waals surface area contributed by atoms with Crippen LogP contribution in [0.15, 0.2) is 41.3 Å². The van der Waals surface area contributed by atoms with E-state index >= 15 is 0 Å². The molecule has 15 heteroatoms. The van der Waals surface area contributed by atoms with E-state index in [-0.39, 0.29) is 42.6 Å². The number of nitrogens with two attached hydrogens (primary N) is 1. The van der Waals surface area contributed by atoms with Crippen LogP contribution in [0.3, 0.4) is 0 Å². The maximum Gasteiger partial charge on any atom is 0.530 e. The van der Waals surface area contributed by atoms with Crippen molar-refractivity contribution >= 4 is 44.8 Å². The Morgan fingerprint density at radius 1 is 1.31 bits per heavy atom. The summed E-state index contributed by atoms with van der Waals surface area (Å²) in [7, 11) is 1.38. The smallest absolute Gasteiger partial charge is 0.402 e. The van der Waals surface area contributed by atoms with E-state index in [1.54, 1.807) is 12.1 Å². The van der Waals surface area contributed by atoms with Gasteiger partial charge in [0.05, 0.1) is 24.3 Å². The summed E-state index contributed by atoms with van der Waals surface area (Å²) in [5.41, 5.74) is 4.83. The van der Waals surface area contributed by atoms with Crippen molar-refractivity contribution in [3.8, 4) is 5.75 Å². The van der Waals surface area contributed by atoms with Crippen LogP contribution in [0.5, 0.6) is 5.75 Å². The molecule has 10 nitrogen and oxygen atoms in total. The molecule has 2 radical (unpaired) electrons. The maximum atomic E-state index is 14.8. The second kappa shape index (κ2) is 11.2. The lowest BCUT2D eigenvalue weighted by Crippen LogP contribution is -2.28. The molecule has 35 heavy (non-hydrogen) atoms. The average Bonchev–Trinajstić information content (AvgIpc) is 3.33. The Hall–Kier alpha value is -1.60. The molecule has 0 spiro atoms. The quantitative estimate of drug-likeness (QED) is 0.358. The van der Waals surface area contributed by atoms with E-state index < -0.39 is 48.5 Å². The van der Waals surface area contributed by atoms with Crippen LogP contribution in [0.2, 0.25) is 5.02 Å². The molecule has 188 valence electrons. The van der Waals surface area contributed by atoms with Crippen molar-refractivity contribution in [1.82, 2.24) is 9.55 Å². The number of benzene rings is 1. The Kier molecular flexibility index (Phi) is 8.47. The summed E-state index contributed by atoms with van der Waals surface area (Å²) in [6.45, 7) is -0.538. The van der Waals surface area contributed by atoms with Crippen molar-refractivity contribution in [3.63, 3.8) is 0 Å². The summed E-state index contributed by atoms with van der Waals surface area (Å²) >= 11 is 7.25. The topological polar surface area (TPSA) is 135 Å². The zero-order valence-electron chi connectivity index (χ0n) is 18.3. The lowest BCUT2D eigenvalue weighted by atomic mass is 9.96. The molecular weight excluding hydrogens is 523 g/mol. The van der Waals surface area contributed by atoms with E-state index in [9.17, 15) is 18.9 Å². The highest BCUT2D eigenvalue weighted by molar-refractivity contribution is 8.00. The van der Waals surface area contributed by atoms with Crippen molar-refractivity contribution in [2.75, 3.05) is 18.9 Å². The van der Waals surface area contributed by atoms with Crippen LogP contribution < -0.4 is 15.9 Å². The molecular formula is C20H23BClFN3O7PS. The van der Waals surface area contributed by atoms with Gasteiger partial charge in [-0.2, -0.15) is 4.98 Å². The number of anilines is 1. The fourth-order valence-corrected chi connectivity index (χ4v) is 6.66. The number of phosphoric acid groups is 1. The average molecular weight is 546 g/mol. The van der Waals surface area contributed by atoms with Crippen molar-refractivity contribution < 1.29 is 32.4 Å². The van der Waals surface area contributed by atoms with E-state index in [0.29, 0.717) is 0 Å².